The molecule has 0 radical (unpaired) electrons. The Bertz CT molecular complexity index is 1200. The Kier molecular flexibility index (Phi) is 12.2. The van der Waals surface area contributed by atoms with E-state index in [0.29, 0.717) is 18.5 Å². The third kappa shape index (κ3) is 8.46. The Hall–Kier alpha value is -3.20. The average Bonchev–Trinajstić information content (AvgIpc) is 3.42. The normalized spacial score (nSPS) is 18.2. The number of nitrogens with zero attached hydrogens (tertiary/aromatic N) is 2. The topological polar surface area (TPSA) is 108 Å². The Morgan fingerprint density at radius 2 is 1.72 bits per heavy atom. The first-order valence-electron chi connectivity index (χ1n) is 15.3. The Morgan fingerprint density at radius 3 is 2.23 bits per heavy atom. The molecule has 1 aromatic carbocycles. The maximum atomic E-state index is 14.1. The van der Waals surface area contributed by atoms with Gasteiger partial charge in [-0.05, 0) is 50.6 Å². The molecule has 1 aromatic rings. The fourth-order valence-electron chi connectivity index (χ4n) is 5.95. The van der Waals surface area contributed by atoms with Crippen molar-refractivity contribution in [3.63, 3.8) is 0 Å². The molecule has 9 heteroatoms. The molecule has 0 saturated carbocycles. The van der Waals surface area contributed by atoms with Gasteiger partial charge in [-0.1, -0.05) is 84.4 Å². The van der Waals surface area contributed by atoms with Crippen LogP contribution in [0.4, 0.5) is 0 Å². The van der Waals surface area contributed by atoms with Crippen molar-refractivity contribution in [1.82, 2.24) is 20.4 Å². The van der Waals surface area contributed by atoms with Gasteiger partial charge in [0.15, 0.2) is 0 Å². The van der Waals surface area contributed by atoms with Gasteiger partial charge in [0.2, 0.25) is 17.7 Å². The predicted molar refractivity (Wildman–Crippen MR) is 170 cm³/mol. The lowest BCUT2D eigenvalue weighted by Crippen LogP contribution is -2.61. The molecule has 1 aliphatic rings. The highest BCUT2D eigenvalue weighted by molar-refractivity contribution is 5.96. The average molecular weight is 599 g/mol. The van der Waals surface area contributed by atoms with E-state index in [1.54, 1.807) is 36.9 Å². The molecule has 43 heavy (non-hydrogen) atoms. The number of hydrogen-bond acceptors (Lipinski definition) is 6. The minimum Gasteiger partial charge on any atom is -0.467 e. The smallest absolute Gasteiger partial charge is 0.328 e. The highest BCUT2D eigenvalue weighted by Crippen LogP contribution is 2.30. The molecule has 2 N–H and O–H groups in total. The van der Waals surface area contributed by atoms with Crippen molar-refractivity contribution in [3.05, 3.63) is 47.0 Å². The number of hydrogen-bond donors (Lipinski definition) is 2. The summed E-state index contributed by atoms with van der Waals surface area (Å²) < 4.78 is 4.91. The summed E-state index contributed by atoms with van der Waals surface area (Å²) in [5.74, 6) is -1.18. The van der Waals surface area contributed by atoms with E-state index in [2.05, 4.69) is 16.7 Å². The van der Waals surface area contributed by atoms with Crippen LogP contribution in [0.15, 0.2) is 35.9 Å². The molecule has 0 unspecified atom stereocenters. The van der Waals surface area contributed by atoms with Gasteiger partial charge in [-0.15, -0.1) is 0 Å². The molecular formula is C34H54N4O5. The van der Waals surface area contributed by atoms with Crippen LogP contribution < -0.4 is 10.6 Å². The summed E-state index contributed by atoms with van der Waals surface area (Å²) in [6.07, 6.45) is 3.10. The summed E-state index contributed by atoms with van der Waals surface area (Å²) in [6, 6.07) is 5.68. The molecule has 240 valence electrons. The Morgan fingerprint density at radius 1 is 1.09 bits per heavy atom. The van der Waals surface area contributed by atoms with E-state index in [9.17, 15) is 19.2 Å². The van der Waals surface area contributed by atoms with Crippen LogP contribution in [0, 0.1) is 18.3 Å². The minimum atomic E-state index is -0.817. The molecule has 2 rings (SSSR count). The van der Waals surface area contributed by atoms with Gasteiger partial charge < -0.3 is 25.2 Å². The standard InChI is InChI=1S/C34H54N4O5/c1-21(2)26(20-23(4)30(40)38-18-14-17-25(38)32(42)43-12)37(11)31(41)28(33(5,6)7)36-29(39)27(35-10)34(8,9)24-16-13-15-22(3)19-24/h13,15-16,19-21,25-28,35H,14,17-18H2,1-12H3,(H,36,39)/b23-20+/t25-,26-,27-,28-/m1/s1. The minimum absolute atomic E-state index is 0.0201. The molecular weight excluding hydrogens is 544 g/mol. The lowest BCUT2D eigenvalue weighted by Gasteiger charge is -2.40. The van der Waals surface area contributed by atoms with Crippen LogP contribution >= 0.6 is 0 Å². The summed E-state index contributed by atoms with van der Waals surface area (Å²) in [4.78, 5) is 56.8. The van der Waals surface area contributed by atoms with Gasteiger partial charge in [-0.2, -0.15) is 0 Å². The molecule has 0 spiro atoms. The van der Waals surface area contributed by atoms with Gasteiger partial charge in [0, 0.05) is 24.6 Å². The van der Waals surface area contributed by atoms with Gasteiger partial charge in [-0.25, -0.2) is 4.79 Å². The fraction of sp³-hybridized carbons (Fsp3) is 0.647. The molecule has 1 fully saturated rings. The number of likely N-dealkylation sites (tertiary alicyclic amines) is 1. The first-order chi connectivity index (χ1) is 19.9. The zero-order valence-corrected chi connectivity index (χ0v) is 28.3. The predicted octanol–water partition coefficient (Wildman–Crippen LogP) is 3.98. The molecule has 0 bridgehead atoms. The molecule has 0 aliphatic carbocycles. The quantitative estimate of drug-likeness (QED) is 0.295. The second-order valence-electron chi connectivity index (χ2n) is 13.8. The maximum absolute atomic E-state index is 14.1. The van der Waals surface area contributed by atoms with Gasteiger partial charge >= 0.3 is 5.97 Å². The van der Waals surface area contributed by atoms with Crippen LogP contribution in [0.5, 0.6) is 0 Å². The van der Waals surface area contributed by atoms with Crippen molar-refractivity contribution in [3.8, 4) is 0 Å². The van der Waals surface area contributed by atoms with Gasteiger partial charge in [0.05, 0.1) is 19.2 Å². The lowest BCUT2D eigenvalue weighted by atomic mass is 9.76. The number of amides is 3. The van der Waals surface area contributed by atoms with Crippen molar-refractivity contribution >= 4 is 23.7 Å². The fourth-order valence-corrected chi connectivity index (χ4v) is 5.95. The highest BCUT2D eigenvalue weighted by atomic mass is 16.5. The molecule has 1 heterocycles. The molecule has 3 amide bonds. The molecule has 1 aliphatic heterocycles. The number of rotatable bonds is 11. The SMILES string of the molecule is CN[C@H](C(=O)N[C@H](C(=O)N(C)[C@H](/C=C(\C)C(=O)N1CCC[C@@H]1C(=O)OC)C(C)C)C(C)(C)C)C(C)(C)c1cccc(C)c1. The largest absolute Gasteiger partial charge is 0.467 e. The second kappa shape index (κ2) is 14.5. The van der Waals surface area contributed by atoms with Gasteiger partial charge in [-0.3, -0.25) is 14.4 Å². The number of likely N-dealkylation sites (N-methyl/N-ethyl adjacent to an activating group) is 2. The summed E-state index contributed by atoms with van der Waals surface area (Å²) in [6.45, 7) is 18.0. The van der Waals surface area contributed by atoms with Crippen LogP contribution in [0.2, 0.25) is 0 Å². The van der Waals surface area contributed by atoms with Crippen LogP contribution in [0.1, 0.15) is 79.4 Å². The number of aryl methyl sites for hydroxylation is 1. The van der Waals surface area contributed by atoms with E-state index >= 15 is 0 Å². The molecule has 0 aromatic heterocycles. The monoisotopic (exact) mass is 598 g/mol. The van der Waals surface area contributed by atoms with Gasteiger partial charge in [0.1, 0.15) is 12.1 Å². The van der Waals surface area contributed by atoms with E-state index in [4.69, 9.17) is 4.74 Å². The third-order valence-electron chi connectivity index (χ3n) is 8.66. The highest BCUT2D eigenvalue weighted by Gasteiger charge is 2.42. The Balaban J connectivity index is 2.35. The summed E-state index contributed by atoms with van der Waals surface area (Å²) >= 11 is 0. The van der Waals surface area contributed by atoms with E-state index < -0.39 is 41.0 Å². The van der Waals surface area contributed by atoms with Crippen LogP contribution in [-0.4, -0.2) is 85.4 Å². The molecule has 1 saturated heterocycles. The summed E-state index contributed by atoms with van der Waals surface area (Å²) in [5, 5.41) is 6.26. The van der Waals surface area contributed by atoms with Gasteiger partial charge in [0.25, 0.3) is 0 Å². The van der Waals surface area contributed by atoms with Crippen molar-refractivity contribution in [2.45, 2.75) is 105 Å². The number of carbonyl (C=O) groups is 4. The van der Waals surface area contributed by atoms with Crippen molar-refractivity contribution in [2.75, 3.05) is 27.7 Å². The maximum Gasteiger partial charge on any atom is 0.328 e. The summed E-state index contributed by atoms with van der Waals surface area (Å²) in [5.41, 5.74) is 1.44. The zero-order valence-electron chi connectivity index (χ0n) is 28.3. The number of methoxy groups -OCH3 is 1. The van der Waals surface area contributed by atoms with E-state index in [1.807, 2.05) is 73.6 Å². The second-order valence-corrected chi connectivity index (χ2v) is 13.8. The molecule has 4 atom stereocenters. The Labute approximate surface area is 258 Å². The first-order valence-corrected chi connectivity index (χ1v) is 15.3. The van der Waals surface area contributed by atoms with Crippen LogP contribution in [0.25, 0.3) is 0 Å². The summed E-state index contributed by atoms with van der Waals surface area (Å²) in [7, 11) is 4.80. The number of benzene rings is 1. The van der Waals surface area contributed by atoms with E-state index in [0.717, 1.165) is 17.5 Å². The van der Waals surface area contributed by atoms with Crippen LogP contribution in [-0.2, 0) is 29.3 Å². The van der Waals surface area contributed by atoms with Crippen LogP contribution in [0.3, 0.4) is 0 Å². The first kappa shape index (κ1) is 36.0. The van der Waals surface area contributed by atoms with E-state index in [1.165, 1.54) is 7.11 Å². The number of carbonyl (C=O) groups excluding carboxylic acids is 4. The van der Waals surface area contributed by atoms with E-state index in [-0.39, 0.29) is 23.6 Å². The number of esters is 1. The van der Waals surface area contributed by atoms with Crippen molar-refractivity contribution in [2.24, 2.45) is 11.3 Å². The molecule has 9 nitrogen and oxygen atoms in total. The number of ether oxygens (including phenoxy) is 1. The van der Waals surface area contributed by atoms with Crippen molar-refractivity contribution < 1.29 is 23.9 Å². The zero-order chi connectivity index (χ0) is 32.9. The number of nitrogens with one attached hydrogen (secondary N) is 2. The van der Waals surface area contributed by atoms with Crippen molar-refractivity contribution in [1.29, 1.82) is 0 Å². The third-order valence-corrected chi connectivity index (χ3v) is 8.66. The lowest BCUT2D eigenvalue weighted by molar-refractivity contribution is -0.149.